The molecule has 7 heteroatoms. The lowest BCUT2D eigenvalue weighted by Crippen LogP contribution is -2.50. The lowest BCUT2D eigenvalue weighted by molar-refractivity contribution is -0.142. The second-order valence-corrected chi connectivity index (χ2v) is 6.56. The molecule has 2 amide bonds. The summed E-state index contributed by atoms with van der Waals surface area (Å²) in [4.78, 5) is 31.1. The maximum atomic E-state index is 12.8. The van der Waals surface area contributed by atoms with Gasteiger partial charge >= 0.3 is 0 Å². The molecular weight excluding hydrogens is 349 g/mol. The van der Waals surface area contributed by atoms with E-state index in [1.54, 1.807) is 0 Å². The van der Waals surface area contributed by atoms with Crippen LogP contribution in [0.15, 0.2) is 30.3 Å². The van der Waals surface area contributed by atoms with Crippen LogP contribution in [0.25, 0.3) is 0 Å². The number of hydrogen-bond donors (Lipinski definition) is 0. The highest BCUT2D eigenvalue weighted by atomic mass is 35.5. The van der Waals surface area contributed by atoms with Gasteiger partial charge in [-0.3, -0.25) is 19.4 Å². The van der Waals surface area contributed by atoms with Crippen LogP contribution in [0.3, 0.4) is 0 Å². The average molecular weight is 374 g/mol. The van der Waals surface area contributed by atoms with Crippen molar-refractivity contribution in [3.63, 3.8) is 0 Å². The van der Waals surface area contributed by atoms with Gasteiger partial charge in [0, 0.05) is 32.6 Å². The van der Waals surface area contributed by atoms with Crippen LogP contribution in [0.2, 0.25) is 0 Å². The van der Waals surface area contributed by atoms with E-state index in [2.05, 4.69) is 16.8 Å². The smallest absolute Gasteiger partial charge is 0.241 e. The zero-order chi connectivity index (χ0) is 15.7. The third-order valence-corrected chi connectivity index (χ3v) is 4.87. The van der Waals surface area contributed by atoms with E-state index in [1.165, 1.54) is 4.90 Å². The molecule has 1 aromatic rings. The molecule has 2 fully saturated rings. The summed E-state index contributed by atoms with van der Waals surface area (Å²) in [6.45, 7) is 6.06. The molecule has 24 heavy (non-hydrogen) atoms. The van der Waals surface area contributed by atoms with Crippen molar-refractivity contribution >= 4 is 36.6 Å². The highest BCUT2D eigenvalue weighted by Gasteiger charge is 2.49. The maximum absolute atomic E-state index is 12.8. The first kappa shape index (κ1) is 20.9. The van der Waals surface area contributed by atoms with E-state index >= 15 is 0 Å². The quantitative estimate of drug-likeness (QED) is 0.757. The number of rotatable bonds is 3. The first-order chi connectivity index (χ1) is 10.5. The average Bonchev–Trinajstić information content (AvgIpc) is 2.75. The molecule has 0 N–H and O–H groups in total. The van der Waals surface area contributed by atoms with Crippen LogP contribution in [-0.4, -0.2) is 66.4 Å². The zero-order valence-electron chi connectivity index (χ0n) is 14.1. The second-order valence-electron chi connectivity index (χ2n) is 6.56. The predicted octanol–water partition coefficient (Wildman–Crippen LogP) is 1.75. The van der Waals surface area contributed by atoms with Crippen LogP contribution in [0.4, 0.5) is 0 Å². The van der Waals surface area contributed by atoms with Crippen LogP contribution in [0.5, 0.6) is 0 Å². The first-order valence-electron chi connectivity index (χ1n) is 7.82. The molecule has 2 aliphatic rings. The van der Waals surface area contributed by atoms with E-state index in [9.17, 15) is 9.59 Å². The molecule has 3 rings (SSSR count). The summed E-state index contributed by atoms with van der Waals surface area (Å²) in [6.07, 6.45) is 0.267. The van der Waals surface area contributed by atoms with Gasteiger partial charge in [-0.25, -0.2) is 0 Å². The van der Waals surface area contributed by atoms with Crippen molar-refractivity contribution < 1.29 is 9.59 Å². The van der Waals surface area contributed by atoms with Crippen LogP contribution in [0, 0.1) is 0 Å². The maximum Gasteiger partial charge on any atom is 0.241 e. The van der Waals surface area contributed by atoms with Gasteiger partial charge in [0.1, 0.15) is 0 Å². The molecule has 0 radical (unpaired) electrons. The third kappa shape index (κ3) is 3.91. The van der Waals surface area contributed by atoms with Gasteiger partial charge in [-0.15, -0.1) is 24.8 Å². The Morgan fingerprint density at radius 3 is 2.17 bits per heavy atom. The highest BCUT2D eigenvalue weighted by molar-refractivity contribution is 6.08. The standard InChI is InChI=1S/C17H23N3O2.2ClH/c1-17(14-6-4-3-5-7-14)12-15(21)20(16(17)22)13-19-10-8-18(2)9-11-19;;/h3-7H,8-13H2,1-2H3;2*1H. The van der Waals surface area contributed by atoms with Gasteiger partial charge in [-0.2, -0.15) is 0 Å². The molecule has 0 aromatic heterocycles. The molecule has 2 saturated heterocycles. The topological polar surface area (TPSA) is 43.9 Å². The number of hydrogen-bond acceptors (Lipinski definition) is 4. The lowest BCUT2D eigenvalue weighted by atomic mass is 9.81. The van der Waals surface area contributed by atoms with Gasteiger partial charge < -0.3 is 4.90 Å². The Balaban J connectivity index is 0.00000144. The number of carbonyl (C=O) groups is 2. The van der Waals surface area contributed by atoms with Gasteiger partial charge in [0.15, 0.2) is 0 Å². The molecule has 0 saturated carbocycles. The number of nitrogens with zero attached hydrogens (tertiary/aromatic N) is 3. The summed E-state index contributed by atoms with van der Waals surface area (Å²) in [6, 6.07) is 9.63. The molecular formula is C17H25Cl2N3O2. The molecule has 2 heterocycles. The fourth-order valence-electron chi connectivity index (χ4n) is 3.25. The molecule has 1 atom stereocenters. The van der Waals surface area contributed by atoms with Gasteiger partial charge in [0.2, 0.25) is 11.8 Å². The minimum Gasteiger partial charge on any atom is -0.304 e. The Labute approximate surface area is 155 Å². The predicted molar refractivity (Wildman–Crippen MR) is 98.7 cm³/mol. The van der Waals surface area contributed by atoms with Gasteiger partial charge in [0.25, 0.3) is 0 Å². The first-order valence-corrected chi connectivity index (χ1v) is 7.82. The molecule has 1 unspecified atom stereocenters. The summed E-state index contributed by atoms with van der Waals surface area (Å²) in [5, 5.41) is 0. The summed E-state index contributed by atoms with van der Waals surface area (Å²) in [5.74, 6) is -0.127. The Hall–Kier alpha value is -1.14. The molecule has 1 aromatic carbocycles. The largest absolute Gasteiger partial charge is 0.304 e. The second kappa shape index (κ2) is 8.30. The van der Waals surface area contributed by atoms with E-state index < -0.39 is 5.41 Å². The van der Waals surface area contributed by atoms with Crippen LogP contribution >= 0.6 is 24.8 Å². The summed E-state index contributed by atoms with van der Waals surface area (Å²) in [7, 11) is 2.09. The van der Waals surface area contributed by atoms with Crippen LogP contribution in [-0.2, 0) is 15.0 Å². The Kier molecular flexibility index (Phi) is 7.23. The van der Waals surface area contributed by atoms with E-state index in [4.69, 9.17) is 0 Å². The Morgan fingerprint density at radius 2 is 1.58 bits per heavy atom. The molecule has 5 nitrogen and oxygen atoms in total. The van der Waals surface area contributed by atoms with Crippen LogP contribution in [0.1, 0.15) is 18.9 Å². The molecule has 0 spiro atoms. The highest BCUT2D eigenvalue weighted by Crippen LogP contribution is 2.36. The number of piperazine rings is 1. The number of likely N-dealkylation sites (tertiary alicyclic amines) is 1. The van der Waals surface area contributed by atoms with Gasteiger partial charge in [-0.05, 0) is 19.5 Å². The fourth-order valence-corrected chi connectivity index (χ4v) is 3.25. The summed E-state index contributed by atoms with van der Waals surface area (Å²) >= 11 is 0. The molecule has 134 valence electrons. The van der Waals surface area contributed by atoms with Crippen molar-refractivity contribution in [1.82, 2.24) is 14.7 Å². The molecule has 0 bridgehead atoms. The summed E-state index contributed by atoms with van der Waals surface area (Å²) < 4.78 is 0. The lowest BCUT2D eigenvalue weighted by Gasteiger charge is -2.34. The van der Waals surface area contributed by atoms with Crippen molar-refractivity contribution in [3.8, 4) is 0 Å². The van der Waals surface area contributed by atoms with Crippen molar-refractivity contribution in [2.24, 2.45) is 0 Å². The zero-order valence-corrected chi connectivity index (χ0v) is 15.7. The monoisotopic (exact) mass is 373 g/mol. The number of carbonyl (C=O) groups excluding carboxylic acids is 2. The minimum atomic E-state index is -0.717. The van der Waals surface area contributed by atoms with E-state index in [0.29, 0.717) is 6.67 Å². The van der Waals surface area contributed by atoms with E-state index in [1.807, 2.05) is 37.3 Å². The van der Waals surface area contributed by atoms with Crippen molar-refractivity contribution in [2.45, 2.75) is 18.8 Å². The van der Waals surface area contributed by atoms with E-state index in [0.717, 1.165) is 31.7 Å². The Morgan fingerprint density at radius 1 is 1.00 bits per heavy atom. The third-order valence-electron chi connectivity index (χ3n) is 4.87. The number of halogens is 2. The number of likely N-dealkylation sites (N-methyl/N-ethyl adjacent to an activating group) is 1. The summed E-state index contributed by atoms with van der Waals surface area (Å²) in [5.41, 5.74) is 0.208. The van der Waals surface area contributed by atoms with Gasteiger partial charge in [-0.1, -0.05) is 30.3 Å². The molecule has 2 aliphatic heterocycles. The number of benzene rings is 1. The number of amides is 2. The van der Waals surface area contributed by atoms with Gasteiger partial charge in [0.05, 0.1) is 12.1 Å². The van der Waals surface area contributed by atoms with Crippen LogP contribution < -0.4 is 0 Å². The van der Waals surface area contributed by atoms with Crippen molar-refractivity contribution in [3.05, 3.63) is 35.9 Å². The normalized spacial score (nSPS) is 25.3. The SMILES string of the molecule is CN1CCN(CN2C(=O)CC(C)(c3ccccc3)C2=O)CC1.Cl.Cl. The fraction of sp³-hybridized carbons (Fsp3) is 0.529. The minimum absolute atomic E-state index is 0. The number of imide groups is 1. The molecule has 0 aliphatic carbocycles. The van der Waals surface area contributed by atoms with Crippen molar-refractivity contribution in [1.29, 1.82) is 0 Å². The Bertz CT molecular complexity index is 576. The van der Waals surface area contributed by atoms with E-state index in [-0.39, 0.29) is 43.0 Å². The van der Waals surface area contributed by atoms with Crippen molar-refractivity contribution in [2.75, 3.05) is 39.9 Å².